The van der Waals surface area contributed by atoms with Crippen LogP contribution in [-0.4, -0.2) is 23.4 Å². The lowest BCUT2D eigenvalue weighted by atomic mass is 9.93. The Morgan fingerprint density at radius 2 is 2.00 bits per heavy atom. The molecule has 1 unspecified atom stereocenters. The number of nitrogens with one attached hydrogen (secondary N) is 1. The van der Waals surface area contributed by atoms with Crippen molar-refractivity contribution in [2.24, 2.45) is 0 Å². The molecule has 0 bridgehead atoms. The second-order valence-corrected chi connectivity index (χ2v) is 5.43. The molecule has 1 aliphatic carbocycles. The third kappa shape index (κ3) is 2.50. The molecule has 1 aliphatic heterocycles. The summed E-state index contributed by atoms with van der Waals surface area (Å²) in [6.45, 7) is 0.359. The number of carbonyl (C=O) groups is 1. The van der Waals surface area contributed by atoms with E-state index in [4.69, 9.17) is 0 Å². The van der Waals surface area contributed by atoms with E-state index in [1.165, 1.54) is 31.4 Å². The van der Waals surface area contributed by atoms with Crippen LogP contribution in [0.15, 0.2) is 24.3 Å². The first kappa shape index (κ1) is 12.6. The first-order valence-corrected chi connectivity index (χ1v) is 7.06. The number of halogens is 1. The monoisotopic (exact) mass is 262 g/mol. The zero-order chi connectivity index (χ0) is 13.2. The van der Waals surface area contributed by atoms with Crippen LogP contribution in [0.3, 0.4) is 0 Å². The molecule has 1 heterocycles. The summed E-state index contributed by atoms with van der Waals surface area (Å²) in [6.07, 6.45) is 5.61. The second-order valence-electron chi connectivity index (χ2n) is 5.43. The molecule has 102 valence electrons. The highest BCUT2D eigenvalue weighted by atomic mass is 19.1. The number of amides is 1. The molecular weight excluding hydrogens is 243 g/mol. The van der Waals surface area contributed by atoms with Gasteiger partial charge in [-0.15, -0.1) is 0 Å². The third-order valence-corrected chi connectivity index (χ3v) is 4.15. The lowest BCUT2D eigenvalue weighted by Gasteiger charge is -2.35. The van der Waals surface area contributed by atoms with Gasteiger partial charge in [0.05, 0.1) is 6.54 Å². The van der Waals surface area contributed by atoms with Crippen LogP contribution in [0.4, 0.5) is 4.39 Å². The van der Waals surface area contributed by atoms with Gasteiger partial charge in [-0.2, -0.15) is 0 Å². The fraction of sp³-hybridized carbons (Fsp3) is 0.533. The van der Waals surface area contributed by atoms with Crippen LogP contribution in [0.5, 0.6) is 0 Å². The van der Waals surface area contributed by atoms with Crippen molar-refractivity contribution < 1.29 is 9.18 Å². The smallest absolute Gasteiger partial charge is 0.238 e. The van der Waals surface area contributed by atoms with Gasteiger partial charge < -0.3 is 4.90 Å². The Hall–Kier alpha value is -1.42. The lowest BCUT2D eigenvalue weighted by Crippen LogP contribution is -2.40. The van der Waals surface area contributed by atoms with Gasteiger partial charge in [0, 0.05) is 6.04 Å². The zero-order valence-corrected chi connectivity index (χ0v) is 10.9. The molecule has 3 nitrogen and oxygen atoms in total. The molecule has 2 aliphatic rings. The minimum Gasteiger partial charge on any atom is -0.319 e. The van der Waals surface area contributed by atoms with Gasteiger partial charge in [-0.1, -0.05) is 31.4 Å². The van der Waals surface area contributed by atoms with E-state index in [1.807, 2.05) is 11.0 Å². The molecule has 1 aromatic carbocycles. The van der Waals surface area contributed by atoms with Crippen LogP contribution in [-0.2, 0) is 4.79 Å². The normalized spacial score (nSPS) is 25.0. The van der Waals surface area contributed by atoms with Gasteiger partial charge in [-0.05, 0) is 30.5 Å². The van der Waals surface area contributed by atoms with E-state index < -0.39 is 0 Å². The van der Waals surface area contributed by atoms with Crippen molar-refractivity contribution in [2.75, 3.05) is 6.54 Å². The predicted molar refractivity (Wildman–Crippen MR) is 70.9 cm³/mol. The quantitative estimate of drug-likeness (QED) is 0.888. The molecule has 3 rings (SSSR count). The summed E-state index contributed by atoms with van der Waals surface area (Å²) in [6, 6.07) is 6.85. The maximum Gasteiger partial charge on any atom is 0.238 e. The lowest BCUT2D eigenvalue weighted by molar-refractivity contribution is -0.131. The third-order valence-electron chi connectivity index (χ3n) is 4.15. The standard InChI is InChI=1S/C15H19FN2O/c16-12-6-4-5-11(9-12)15-17-10-14(19)18(15)13-7-2-1-3-8-13/h4-6,9,13,15,17H,1-3,7-8,10H2. The maximum atomic E-state index is 13.4. The van der Waals surface area contributed by atoms with Crippen molar-refractivity contribution in [2.45, 2.75) is 44.3 Å². The Bertz CT molecular complexity index is 471. The van der Waals surface area contributed by atoms with E-state index >= 15 is 0 Å². The van der Waals surface area contributed by atoms with Gasteiger partial charge >= 0.3 is 0 Å². The molecule has 0 aromatic heterocycles. The predicted octanol–water partition coefficient (Wildman–Crippen LogP) is 2.59. The number of carbonyl (C=O) groups excluding carboxylic acids is 1. The molecule has 1 aromatic rings. The fourth-order valence-corrected chi connectivity index (χ4v) is 3.25. The van der Waals surface area contributed by atoms with E-state index in [0.29, 0.717) is 12.6 Å². The summed E-state index contributed by atoms with van der Waals surface area (Å²) in [5, 5.41) is 3.21. The Morgan fingerprint density at radius 1 is 1.21 bits per heavy atom. The first-order chi connectivity index (χ1) is 9.25. The molecule has 4 heteroatoms. The van der Waals surface area contributed by atoms with Gasteiger partial charge in [0.25, 0.3) is 0 Å². The average Bonchev–Trinajstić information content (AvgIpc) is 2.82. The molecule has 1 amide bonds. The second kappa shape index (κ2) is 5.29. The Balaban J connectivity index is 1.85. The van der Waals surface area contributed by atoms with Crippen molar-refractivity contribution in [1.82, 2.24) is 10.2 Å². The summed E-state index contributed by atoms with van der Waals surface area (Å²) in [5.74, 6) is -0.108. The molecular formula is C15H19FN2O. The minimum absolute atomic E-state index is 0.140. The zero-order valence-electron chi connectivity index (χ0n) is 10.9. The van der Waals surface area contributed by atoms with E-state index in [2.05, 4.69) is 5.32 Å². The van der Waals surface area contributed by atoms with Gasteiger partial charge in [-0.25, -0.2) is 4.39 Å². The van der Waals surface area contributed by atoms with Crippen LogP contribution < -0.4 is 5.32 Å². The number of hydrogen-bond acceptors (Lipinski definition) is 2. The first-order valence-electron chi connectivity index (χ1n) is 7.06. The Kier molecular flexibility index (Phi) is 3.51. The van der Waals surface area contributed by atoms with E-state index in [-0.39, 0.29) is 17.9 Å². The highest BCUT2D eigenvalue weighted by molar-refractivity contribution is 5.81. The van der Waals surface area contributed by atoms with Crippen LogP contribution in [0.25, 0.3) is 0 Å². The molecule has 0 radical (unpaired) electrons. The number of nitrogens with zero attached hydrogens (tertiary/aromatic N) is 1. The summed E-state index contributed by atoms with van der Waals surface area (Å²) in [7, 11) is 0. The molecule has 2 fully saturated rings. The topological polar surface area (TPSA) is 32.3 Å². The maximum absolute atomic E-state index is 13.4. The molecule has 19 heavy (non-hydrogen) atoms. The van der Waals surface area contributed by atoms with Crippen molar-refractivity contribution in [3.63, 3.8) is 0 Å². The van der Waals surface area contributed by atoms with Crippen LogP contribution in [0.1, 0.15) is 43.8 Å². The SMILES string of the molecule is O=C1CNC(c2cccc(F)c2)N1C1CCCCC1. The number of benzene rings is 1. The van der Waals surface area contributed by atoms with Gasteiger partial charge in [0.15, 0.2) is 0 Å². The van der Waals surface area contributed by atoms with E-state index in [1.54, 1.807) is 6.07 Å². The van der Waals surface area contributed by atoms with Crippen molar-refractivity contribution in [1.29, 1.82) is 0 Å². The Labute approximate surface area is 112 Å². The summed E-state index contributed by atoms with van der Waals surface area (Å²) in [5.41, 5.74) is 0.844. The molecule has 1 saturated carbocycles. The molecule has 1 saturated heterocycles. The highest BCUT2D eigenvalue weighted by Gasteiger charge is 2.37. The van der Waals surface area contributed by atoms with Crippen molar-refractivity contribution in [3.8, 4) is 0 Å². The largest absolute Gasteiger partial charge is 0.319 e. The number of hydrogen-bond donors (Lipinski definition) is 1. The fourth-order valence-electron chi connectivity index (χ4n) is 3.25. The molecule has 1 atom stereocenters. The highest BCUT2D eigenvalue weighted by Crippen LogP contribution is 2.31. The minimum atomic E-state index is -0.248. The van der Waals surface area contributed by atoms with Gasteiger partial charge in [0.1, 0.15) is 12.0 Å². The average molecular weight is 262 g/mol. The van der Waals surface area contributed by atoms with Crippen LogP contribution >= 0.6 is 0 Å². The van der Waals surface area contributed by atoms with Crippen molar-refractivity contribution in [3.05, 3.63) is 35.6 Å². The van der Waals surface area contributed by atoms with E-state index in [9.17, 15) is 9.18 Å². The van der Waals surface area contributed by atoms with Crippen molar-refractivity contribution >= 4 is 5.91 Å². The molecule has 1 N–H and O–H groups in total. The van der Waals surface area contributed by atoms with Gasteiger partial charge in [0.2, 0.25) is 5.91 Å². The van der Waals surface area contributed by atoms with Crippen LogP contribution in [0.2, 0.25) is 0 Å². The van der Waals surface area contributed by atoms with E-state index in [0.717, 1.165) is 18.4 Å². The van der Waals surface area contributed by atoms with Crippen LogP contribution in [0, 0.1) is 5.82 Å². The summed E-state index contributed by atoms with van der Waals surface area (Å²) >= 11 is 0. The summed E-state index contributed by atoms with van der Waals surface area (Å²) < 4.78 is 13.4. The summed E-state index contributed by atoms with van der Waals surface area (Å²) in [4.78, 5) is 14.1. The number of rotatable bonds is 2. The molecule has 0 spiro atoms. The Morgan fingerprint density at radius 3 is 2.74 bits per heavy atom. The van der Waals surface area contributed by atoms with Gasteiger partial charge in [-0.3, -0.25) is 10.1 Å².